The van der Waals surface area contributed by atoms with Crippen LogP contribution in [0.1, 0.15) is 29.6 Å². The molecular formula is C15H14O4. The zero-order chi connectivity index (χ0) is 13.2. The topological polar surface area (TPSA) is 63.6 Å². The lowest BCUT2D eigenvalue weighted by Crippen LogP contribution is -2.43. The van der Waals surface area contributed by atoms with E-state index in [1.165, 1.54) is 0 Å². The third-order valence-corrected chi connectivity index (χ3v) is 4.92. The van der Waals surface area contributed by atoms with Crippen LogP contribution >= 0.6 is 0 Å². The number of fused-ring (bicyclic) bond motifs is 3. The summed E-state index contributed by atoms with van der Waals surface area (Å²) in [6.45, 7) is 0. The lowest BCUT2D eigenvalue weighted by atomic mass is 9.84. The van der Waals surface area contributed by atoms with Gasteiger partial charge in [-0.1, -0.05) is 12.1 Å². The summed E-state index contributed by atoms with van der Waals surface area (Å²) < 4.78 is 6.10. The molecule has 0 radical (unpaired) electrons. The van der Waals surface area contributed by atoms with Gasteiger partial charge in [0.2, 0.25) is 0 Å². The summed E-state index contributed by atoms with van der Waals surface area (Å²) in [5.74, 6) is -0.136. The number of hydrogen-bond donors (Lipinski definition) is 1. The molecule has 1 aromatic carbocycles. The van der Waals surface area contributed by atoms with Gasteiger partial charge in [0.05, 0.1) is 17.9 Å². The number of rotatable bonds is 1. The average Bonchev–Trinajstić information content (AvgIpc) is 3.04. The van der Waals surface area contributed by atoms with Crippen molar-refractivity contribution in [3.05, 3.63) is 29.8 Å². The molecule has 1 aliphatic heterocycles. The highest BCUT2D eigenvalue weighted by molar-refractivity contribution is 6.00. The van der Waals surface area contributed by atoms with E-state index in [1.54, 1.807) is 12.1 Å². The molecule has 1 N–H and O–H groups in total. The van der Waals surface area contributed by atoms with E-state index < -0.39 is 11.6 Å². The fraction of sp³-hybridized carbons (Fsp3) is 0.467. The van der Waals surface area contributed by atoms with E-state index >= 15 is 0 Å². The van der Waals surface area contributed by atoms with E-state index in [2.05, 4.69) is 0 Å². The summed E-state index contributed by atoms with van der Waals surface area (Å²) in [5.41, 5.74) is 0.0724. The molecule has 1 spiro atoms. The van der Waals surface area contributed by atoms with Crippen molar-refractivity contribution in [2.45, 2.75) is 24.9 Å². The Labute approximate surface area is 110 Å². The van der Waals surface area contributed by atoms with E-state index in [9.17, 15) is 14.7 Å². The van der Waals surface area contributed by atoms with Crippen LogP contribution in [0.5, 0.6) is 5.75 Å². The number of Topliss-reactive ketones (excluding diaryl/α,β-unsaturated/α-hetero) is 1. The van der Waals surface area contributed by atoms with Crippen molar-refractivity contribution in [1.82, 2.24) is 0 Å². The summed E-state index contributed by atoms with van der Waals surface area (Å²) in [6, 6.07) is 7.25. The second-order valence-corrected chi connectivity index (χ2v) is 5.86. The molecule has 19 heavy (non-hydrogen) atoms. The van der Waals surface area contributed by atoms with Gasteiger partial charge >= 0.3 is 5.97 Å². The normalized spacial score (nSPS) is 38.5. The van der Waals surface area contributed by atoms with Crippen LogP contribution in [0.3, 0.4) is 0 Å². The van der Waals surface area contributed by atoms with Crippen molar-refractivity contribution < 1.29 is 19.4 Å². The molecule has 0 aromatic heterocycles. The minimum atomic E-state index is -0.746. The average molecular weight is 258 g/mol. The van der Waals surface area contributed by atoms with Crippen LogP contribution in [0, 0.1) is 17.8 Å². The zero-order valence-corrected chi connectivity index (χ0v) is 10.3. The number of carboxylic acids is 1. The largest absolute Gasteiger partial charge is 0.486 e. The fourth-order valence-corrected chi connectivity index (χ4v) is 4.10. The SMILES string of the molecule is O=C1C[C@]2(CC[C@@H]3[C@@H](C(=O)O)[C@@H]32)Oc2ccccc21. The van der Waals surface area contributed by atoms with Gasteiger partial charge < -0.3 is 9.84 Å². The molecule has 98 valence electrons. The first-order valence-electron chi connectivity index (χ1n) is 6.66. The molecule has 3 aliphatic rings. The van der Waals surface area contributed by atoms with E-state index in [1.807, 2.05) is 12.1 Å². The van der Waals surface area contributed by atoms with Gasteiger partial charge in [-0.15, -0.1) is 0 Å². The summed E-state index contributed by atoms with van der Waals surface area (Å²) in [7, 11) is 0. The van der Waals surface area contributed by atoms with Crippen LogP contribution in [0.25, 0.3) is 0 Å². The van der Waals surface area contributed by atoms with Crippen molar-refractivity contribution in [2.75, 3.05) is 0 Å². The number of ether oxygens (including phenoxy) is 1. The smallest absolute Gasteiger partial charge is 0.307 e. The van der Waals surface area contributed by atoms with Gasteiger partial charge in [-0.3, -0.25) is 9.59 Å². The van der Waals surface area contributed by atoms with E-state index in [0.29, 0.717) is 17.7 Å². The number of aliphatic carboxylic acids is 1. The maximum atomic E-state index is 12.3. The predicted octanol–water partition coefficient (Wildman–Crippen LogP) is 2.13. The number of carbonyl (C=O) groups excluding carboxylic acids is 1. The first kappa shape index (κ1) is 11.0. The van der Waals surface area contributed by atoms with Crippen LogP contribution < -0.4 is 4.74 Å². The van der Waals surface area contributed by atoms with Crippen LogP contribution in [-0.4, -0.2) is 22.5 Å². The highest BCUT2D eigenvalue weighted by Crippen LogP contribution is 2.65. The number of carboxylic acid groups (broad SMARTS) is 1. The van der Waals surface area contributed by atoms with Crippen LogP contribution in [0.15, 0.2) is 24.3 Å². The van der Waals surface area contributed by atoms with Gasteiger partial charge in [-0.05, 0) is 30.9 Å². The van der Waals surface area contributed by atoms with Crippen molar-refractivity contribution in [2.24, 2.45) is 17.8 Å². The highest BCUT2D eigenvalue weighted by Gasteiger charge is 2.70. The molecule has 0 saturated heterocycles. The third-order valence-electron chi connectivity index (χ3n) is 4.92. The maximum Gasteiger partial charge on any atom is 0.307 e. The van der Waals surface area contributed by atoms with Crippen molar-refractivity contribution >= 4 is 11.8 Å². The second kappa shape index (κ2) is 3.38. The lowest BCUT2D eigenvalue weighted by molar-refractivity contribution is -0.140. The van der Waals surface area contributed by atoms with E-state index in [-0.39, 0.29) is 23.5 Å². The van der Waals surface area contributed by atoms with Crippen molar-refractivity contribution in [3.63, 3.8) is 0 Å². The fourth-order valence-electron chi connectivity index (χ4n) is 4.10. The van der Waals surface area contributed by atoms with E-state index in [4.69, 9.17) is 4.74 Å². The summed E-state index contributed by atoms with van der Waals surface area (Å²) in [4.78, 5) is 23.4. The summed E-state index contributed by atoms with van der Waals surface area (Å²) in [6.07, 6.45) is 1.98. The first-order chi connectivity index (χ1) is 9.12. The molecule has 2 fully saturated rings. The molecule has 4 rings (SSSR count). The number of carbonyl (C=O) groups is 2. The molecular weight excluding hydrogens is 244 g/mol. The Balaban J connectivity index is 1.72. The number of para-hydroxylation sites is 1. The Morgan fingerprint density at radius 2 is 2.16 bits per heavy atom. The first-order valence-corrected chi connectivity index (χ1v) is 6.66. The number of benzene rings is 1. The van der Waals surface area contributed by atoms with E-state index in [0.717, 1.165) is 12.8 Å². The summed E-state index contributed by atoms with van der Waals surface area (Å²) >= 11 is 0. The molecule has 4 heteroatoms. The predicted molar refractivity (Wildman–Crippen MR) is 66.1 cm³/mol. The molecule has 1 heterocycles. The van der Waals surface area contributed by atoms with Gasteiger partial charge in [0, 0.05) is 5.92 Å². The maximum absolute atomic E-state index is 12.3. The standard InChI is InChI=1S/C15H14O4/c16-10-7-15(19-11-4-2-1-3-8(10)11)6-5-9-12(13(9)15)14(17)18/h1-4,9,12-13H,5-7H2,(H,17,18)/t9-,12-,13-,15+/m1/s1. The lowest BCUT2D eigenvalue weighted by Gasteiger charge is -2.36. The Morgan fingerprint density at radius 1 is 1.37 bits per heavy atom. The summed E-state index contributed by atoms with van der Waals surface area (Å²) in [5, 5.41) is 9.19. The molecule has 4 nitrogen and oxygen atoms in total. The molecule has 2 aliphatic carbocycles. The van der Waals surface area contributed by atoms with Gasteiger partial charge in [0.25, 0.3) is 0 Å². The molecule has 0 unspecified atom stereocenters. The van der Waals surface area contributed by atoms with Crippen molar-refractivity contribution in [3.8, 4) is 5.75 Å². The highest BCUT2D eigenvalue weighted by atomic mass is 16.5. The second-order valence-electron chi connectivity index (χ2n) is 5.86. The van der Waals surface area contributed by atoms with Crippen molar-refractivity contribution in [1.29, 1.82) is 0 Å². The third kappa shape index (κ3) is 1.34. The minimum Gasteiger partial charge on any atom is -0.486 e. The molecule has 1 aromatic rings. The Morgan fingerprint density at radius 3 is 2.89 bits per heavy atom. The zero-order valence-electron chi connectivity index (χ0n) is 10.3. The molecule has 4 atom stereocenters. The Kier molecular flexibility index (Phi) is 1.96. The van der Waals surface area contributed by atoms with Crippen LogP contribution in [0.2, 0.25) is 0 Å². The Bertz CT molecular complexity index is 594. The molecule has 0 amide bonds. The van der Waals surface area contributed by atoms with Crippen LogP contribution in [-0.2, 0) is 4.79 Å². The van der Waals surface area contributed by atoms with Gasteiger partial charge in [-0.2, -0.15) is 0 Å². The number of hydrogen-bond acceptors (Lipinski definition) is 3. The van der Waals surface area contributed by atoms with Gasteiger partial charge in [-0.25, -0.2) is 0 Å². The molecule has 0 bridgehead atoms. The number of ketones is 1. The molecule has 2 saturated carbocycles. The van der Waals surface area contributed by atoms with Gasteiger partial charge in [0.1, 0.15) is 11.4 Å². The quantitative estimate of drug-likeness (QED) is 0.838. The van der Waals surface area contributed by atoms with Gasteiger partial charge in [0.15, 0.2) is 5.78 Å². The monoisotopic (exact) mass is 258 g/mol. The Hall–Kier alpha value is -1.84. The van der Waals surface area contributed by atoms with Crippen LogP contribution in [0.4, 0.5) is 0 Å². The minimum absolute atomic E-state index is 0.0160.